The molecular weight excluding hydrogens is 282 g/mol. The highest BCUT2D eigenvalue weighted by Crippen LogP contribution is 2.23. The zero-order chi connectivity index (χ0) is 16.2. The van der Waals surface area contributed by atoms with Gasteiger partial charge in [-0.1, -0.05) is 0 Å². The molecular formula is C15H23N5O2. The number of amides is 1. The van der Waals surface area contributed by atoms with E-state index >= 15 is 0 Å². The Morgan fingerprint density at radius 3 is 2.55 bits per heavy atom. The van der Waals surface area contributed by atoms with Gasteiger partial charge in [0.1, 0.15) is 0 Å². The lowest BCUT2D eigenvalue weighted by molar-refractivity contribution is -0.130. The molecule has 3 N–H and O–H groups in total. The van der Waals surface area contributed by atoms with Crippen LogP contribution in [0.4, 0.5) is 5.95 Å². The standard InChI is InChI=1S/C15H23N5O2/c1-19(2)11-15(22)5-7-20(8-6-15)13(21)4-3-12-9-17-14(16)18-10-12/h3-4,9-10,22H,5-8,11H2,1-2H3,(H2,16,17,18). The van der Waals surface area contributed by atoms with Gasteiger partial charge in [0.05, 0.1) is 5.60 Å². The maximum atomic E-state index is 12.2. The summed E-state index contributed by atoms with van der Waals surface area (Å²) in [6, 6.07) is 0. The second-order valence-electron chi connectivity index (χ2n) is 6.00. The molecule has 2 heterocycles. The van der Waals surface area contributed by atoms with Crippen LogP contribution in [0.15, 0.2) is 18.5 Å². The number of likely N-dealkylation sites (N-methyl/N-ethyl adjacent to an activating group) is 1. The van der Waals surface area contributed by atoms with Crippen LogP contribution < -0.4 is 5.73 Å². The second-order valence-corrected chi connectivity index (χ2v) is 6.00. The van der Waals surface area contributed by atoms with Gasteiger partial charge in [-0.05, 0) is 33.0 Å². The van der Waals surface area contributed by atoms with Crippen LogP contribution in [0.1, 0.15) is 18.4 Å². The number of hydrogen-bond donors (Lipinski definition) is 2. The number of carbonyl (C=O) groups excluding carboxylic acids is 1. The van der Waals surface area contributed by atoms with Crippen molar-refractivity contribution < 1.29 is 9.90 Å². The van der Waals surface area contributed by atoms with Gasteiger partial charge in [-0.25, -0.2) is 9.97 Å². The van der Waals surface area contributed by atoms with Crippen molar-refractivity contribution in [1.82, 2.24) is 19.8 Å². The first-order valence-corrected chi connectivity index (χ1v) is 7.30. The third kappa shape index (κ3) is 4.51. The zero-order valence-corrected chi connectivity index (χ0v) is 13.1. The summed E-state index contributed by atoms with van der Waals surface area (Å²) < 4.78 is 0. The van der Waals surface area contributed by atoms with Crippen LogP contribution in [-0.2, 0) is 4.79 Å². The van der Waals surface area contributed by atoms with Gasteiger partial charge >= 0.3 is 0 Å². The van der Waals surface area contributed by atoms with Crippen LogP contribution in [-0.4, -0.2) is 70.1 Å². The Morgan fingerprint density at radius 1 is 1.41 bits per heavy atom. The highest BCUT2D eigenvalue weighted by atomic mass is 16.3. The third-order valence-electron chi connectivity index (χ3n) is 3.73. The number of carbonyl (C=O) groups is 1. The molecule has 1 amide bonds. The Hall–Kier alpha value is -1.99. The van der Waals surface area contributed by atoms with Crippen molar-refractivity contribution >= 4 is 17.9 Å². The molecule has 0 aromatic carbocycles. The molecule has 120 valence electrons. The van der Waals surface area contributed by atoms with E-state index in [1.807, 2.05) is 19.0 Å². The van der Waals surface area contributed by atoms with Gasteiger partial charge in [-0.15, -0.1) is 0 Å². The summed E-state index contributed by atoms with van der Waals surface area (Å²) in [5.41, 5.74) is 5.44. The SMILES string of the molecule is CN(C)CC1(O)CCN(C(=O)C=Cc2cnc(N)nc2)CC1. The van der Waals surface area contributed by atoms with Crippen molar-refractivity contribution in [1.29, 1.82) is 0 Å². The van der Waals surface area contributed by atoms with Crippen LogP contribution in [0.5, 0.6) is 0 Å². The molecule has 1 fully saturated rings. The molecule has 22 heavy (non-hydrogen) atoms. The first kappa shape index (κ1) is 16.4. The minimum atomic E-state index is -0.700. The highest BCUT2D eigenvalue weighted by molar-refractivity contribution is 5.91. The predicted octanol–water partition coefficient (Wildman–Crippen LogP) is -0.0129. The molecule has 0 atom stereocenters. The van der Waals surface area contributed by atoms with E-state index in [0.29, 0.717) is 32.5 Å². The highest BCUT2D eigenvalue weighted by Gasteiger charge is 2.33. The first-order chi connectivity index (χ1) is 10.4. The number of aromatic nitrogens is 2. The van der Waals surface area contributed by atoms with Crippen molar-refractivity contribution in [3.63, 3.8) is 0 Å². The van der Waals surface area contributed by atoms with Crippen molar-refractivity contribution in [2.24, 2.45) is 0 Å². The number of likely N-dealkylation sites (tertiary alicyclic amines) is 1. The Morgan fingerprint density at radius 2 is 2.00 bits per heavy atom. The topological polar surface area (TPSA) is 95.6 Å². The van der Waals surface area contributed by atoms with Crippen molar-refractivity contribution in [3.8, 4) is 0 Å². The molecule has 0 bridgehead atoms. The molecule has 1 aromatic heterocycles. The van der Waals surface area contributed by atoms with E-state index in [-0.39, 0.29) is 11.9 Å². The number of aliphatic hydroxyl groups is 1. The summed E-state index contributed by atoms with van der Waals surface area (Å²) in [5, 5.41) is 10.4. The fraction of sp³-hybridized carbons (Fsp3) is 0.533. The van der Waals surface area contributed by atoms with Gasteiger partial charge in [-0.2, -0.15) is 0 Å². The minimum absolute atomic E-state index is 0.0660. The van der Waals surface area contributed by atoms with Crippen molar-refractivity contribution in [2.45, 2.75) is 18.4 Å². The van der Waals surface area contributed by atoms with E-state index in [1.165, 1.54) is 6.08 Å². The predicted molar refractivity (Wildman–Crippen MR) is 84.8 cm³/mol. The number of nitrogens with zero attached hydrogens (tertiary/aromatic N) is 4. The molecule has 0 spiro atoms. The molecule has 2 rings (SSSR count). The van der Waals surface area contributed by atoms with E-state index < -0.39 is 5.60 Å². The molecule has 0 saturated carbocycles. The average Bonchev–Trinajstić information content (AvgIpc) is 2.46. The van der Waals surface area contributed by atoms with E-state index in [9.17, 15) is 9.90 Å². The Labute approximate surface area is 130 Å². The molecule has 1 saturated heterocycles. The smallest absolute Gasteiger partial charge is 0.246 e. The lowest BCUT2D eigenvalue weighted by Crippen LogP contribution is -2.50. The molecule has 7 heteroatoms. The monoisotopic (exact) mass is 305 g/mol. The fourth-order valence-corrected chi connectivity index (χ4v) is 2.60. The molecule has 1 aliphatic rings. The summed E-state index contributed by atoms with van der Waals surface area (Å²) in [7, 11) is 3.87. The fourth-order valence-electron chi connectivity index (χ4n) is 2.60. The number of nitrogen functional groups attached to an aromatic ring is 1. The minimum Gasteiger partial charge on any atom is -0.388 e. The van der Waals surface area contributed by atoms with Crippen LogP contribution in [0.3, 0.4) is 0 Å². The maximum Gasteiger partial charge on any atom is 0.246 e. The van der Waals surface area contributed by atoms with Crippen LogP contribution in [0.25, 0.3) is 6.08 Å². The van der Waals surface area contributed by atoms with Crippen molar-refractivity contribution in [3.05, 3.63) is 24.0 Å². The summed E-state index contributed by atoms with van der Waals surface area (Å²) in [5.74, 6) is 0.142. The number of hydrogen-bond acceptors (Lipinski definition) is 6. The van der Waals surface area contributed by atoms with Crippen molar-refractivity contribution in [2.75, 3.05) is 39.5 Å². The molecule has 7 nitrogen and oxygen atoms in total. The number of anilines is 1. The number of piperidine rings is 1. The van der Waals surface area contributed by atoms with Crippen LogP contribution >= 0.6 is 0 Å². The number of rotatable bonds is 4. The average molecular weight is 305 g/mol. The van der Waals surface area contributed by atoms with Crippen LogP contribution in [0, 0.1) is 0 Å². The molecule has 0 radical (unpaired) electrons. The Bertz CT molecular complexity index is 533. The van der Waals surface area contributed by atoms with Gasteiger partial charge in [0.15, 0.2) is 0 Å². The van der Waals surface area contributed by atoms with Gasteiger partial charge in [-0.3, -0.25) is 4.79 Å². The molecule has 1 aliphatic heterocycles. The van der Waals surface area contributed by atoms with E-state index in [4.69, 9.17) is 5.73 Å². The lowest BCUT2D eigenvalue weighted by Gasteiger charge is -2.39. The van der Waals surface area contributed by atoms with E-state index in [0.717, 1.165) is 5.56 Å². The first-order valence-electron chi connectivity index (χ1n) is 7.30. The van der Waals surface area contributed by atoms with Gasteiger partial charge in [0.25, 0.3) is 0 Å². The quantitative estimate of drug-likeness (QED) is 0.760. The van der Waals surface area contributed by atoms with Crippen LogP contribution in [0.2, 0.25) is 0 Å². The Balaban J connectivity index is 1.88. The van der Waals surface area contributed by atoms with E-state index in [2.05, 4.69) is 9.97 Å². The lowest BCUT2D eigenvalue weighted by atomic mass is 9.91. The van der Waals surface area contributed by atoms with Gasteiger partial charge < -0.3 is 20.6 Å². The maximum absolute atomic E-state index is 12.2. The Kier molecular flexibility index (Phi) is 5.10. The third-order valence-corrected chi connectivity index (χ3v) is 3.73. The second kappa shape index (κ2) is 6.85. The van der Waals surface area contributed by atoms with Gasteiger partial charge in [0, 0.05) is 43.7 Å². The number of nitrogens with two attached hydrogens (primary N) is 1. The largest absolute Gasteiger partial charge is 0.388 e. The van der Waals surface area contributed by atoms with Gasteiger partial charge in [0.2, 0.25) is 11.9 Å². The van der Waals surface area contributed by atoms with E-state index in [1.54, 1.807) is 23.4 Å². The normalized spacial score (nSPS) is 18.1. The summed E-state index contributed by atoms with van der Waals surface area (Å²) in [6.07, 6.45) is 7.50. The summed E-state index contributed by atoms with van der Waals surface area (Å²) in [4.78, 5) is 23.6. The zero-order valence-electron chi connectivity index (χ0n) is 13.1. The molecule has 0 aliphatic carbocycles. The molecule has 1 aromatic rings. The summed E-state index contributed by atoms with van der Waals surface area (Å²) in [6.45, 7) is 1.74. The summed E-state index contributed by atoms with van der Waals surface area (Å²) >= 11 is 0. The molecule has 0 unspecified atom stereocenters.